The van der Waals surface area contributed by atoms with Crippen molar-refractivity contribution in [3.63, 3.8) is 0 Å². The van der Waals surface area contributed by atoms with Crippen molar-refractivity contribution >= 4 is 37.3 Å². The van der Waals surface area contributed by atoms with Crippen LogP contribution in [0.4, 0.5) is 11.4 Å². The summed E-state index contributed by atoms with van der Waals surface area (Å²) >= 11 is 3.29. The molecule has 6 nitrogen and oxygen atoms in total. The van der Waals surface area contributed by atoms with E-state index in [9.17, 15) is 8.42 Å². The summed E-state index contributed by atoms with van der Waals surface area (Å²) in [6, 6.07) is 4.92. The molecule has 0 aliphatic rings. The molecule has 0 unspecified atom stereocenters. The van der Waals surface area contributed by atoms with Gasteiger partial charge in [-0.05, 0) is 47.5 Å². The molecule has 0 radical (unpaired) electrons. The molecule has 0 amide bonds. The van der Waals surface area contributed by atoms with E-state index in [0.717, 1.165) is 13.0 Å². The van der Waals surface area contributed by atoms with Crippen LogP contribution in [0.15, 0.2) is 33.9 Å². The molecule has 3 N–H and O–H groups in total. The number of aromatic nitrogens is 2. The van der Waals surface area contributed by atoms with Crippen molar-refractivity contribution in [1.29, 1.82) is 0 Å². The number of halogens is 1. The Morgan fingerprint density at radius 1 is 1.43 bits per heavy atom. The first-order valence-corrected chi connectivity index (χ1v) is 8.72. The SMILES string of the molecule is CCCn1cc(S(=O)(=O)Nc2cc(N)ccc2Br)nc1C. The predicted molar refractivity (Wildman–Crippen MR) is 86.6 cm³/mol. The molecule has 0 fully saturated rings. The Morgan fingerprint density at radius 2 is 2.14 bits per heavy atom. The second-order valence-electron chi connectivity index (χ2n) is 4.66. The Balaban J connectivity index is 2.34. The number of rotatable bonds is 5. The van der Waals surface area contributed by atoms with Crippen LogP contribution in [0.25, 0.3) is 0 Å². The number of benzene rings is 1. The molecule has 1 heterocycles. The van der Waals surface area contributed by atoms with Gasteiger partial charge in [0.1, 0.15) is 5.82 Å². The first kappa shape index (κ1) is 15.8. The quantitative estimate of drug-likeness (QED) is 0.789. The van der Waals surface area contributed by atoms with Crippen molar-refractivity contribution in [3.05, 3.63) is 34.7 Å². The molecule has 0 spiro atoms. The highest BCUT2D eigenvalue weighted by molar-refractivity contribution is 9.10. The highest BCUT2D eigenvalue weighted by Gasteiger charge is 2.20. The van der Waals surface area contributed by atoms with Gasteiger partial charge in [0.15, 0.2) is 5.03 Å². The molecule has 114 valence electrons. The van der Waals surface area contributed by atoms with Gasteiger partial charge in [-0.25, -0.2) is 4.98 Å². The summed E-state index contributed by atoms with van der Waals surface area (Å²) < 4.78 is 29.7. The Kier molecular flexibility index (Phi) is 4.58. The Bertz CT molecular complexity index is 756. The zero-order valence-corrected chi connectivity index (χ0v) is 14.2. The number of imidazole rings is 1. The number of sulfonamides is 1. The van der Waals surface area contributed by atoms with Crippen LogP contribution in [0, 0.1) is 6.92 Å². The number of hydrogen-bond acceptors (Lipinski definition) is 4. The maximum absolute atomic E-state index is 12.4. The molecule has 0 saturated heterocycles. The average Bonchev–Trinajstić information content (AvgIpc) is 2.77. The third kappa shape index (κ3) is 3.56. The standard InChI is InChI=1S/C13H17BrN4O2S/c1-3-6-18-8-13(16-9(18)2)21(19,20)17-12-7-10(15)4-5-11(12)14/h4-5,7-8,17H,3,6,15H2,1-2H3. The van der Waals surface area contributed by atoms with Gasteiger partial charge in [0.25, 0.3) is 10.0 Å². The maximum atomic E-state index is 12.4. The van der Waals surface area contributed by atoms with E-state index in [4.69, 9.17) is 5.73 Å². The highest BCUT2D eigenvalue weighted by Crippen LogP contribution is 2.27. The van der Waals surface area contributed by atoms with Gasteiger partial charge < -0.3 is 10.3 Å². The minimum atomic E-state index is -3.74. The van der Waals surface area contributed by atoms with Crippen molar-refractivity contribution in [1.82, 2.24) is 9.55 Å². The van der Waals surface area contributed by atoms with Crippen LogP contribution in [0.5, 0.6) is 0 Å². The smallest absolute Gasteiger partial charge is 0.280 e. The number of hydrogen-bond donors (Lipinski definition) is 2. The van der Waals surface area contributed by atoms with Crippen LogP contribution < -0.4 is 10.5 Å². The summed E-state index contributed by atoms with van der Waals surface area (Å²) in [7, 11) is -3.74. The zero-order chi connectivity index (χ0) is 15.6. The van der Waals surface area contributed by atoms with Crippen molar-refractivity contribution in [2.24, 2.45) is 0 Å². The van der Waals surface area contributed by atoms with Crippen LogP contribution in [0.1, 0.15) is 19.2 Å². The van der Waals surface area contributed by atoms with Crippen molar-refractivity contribution in [2.75, 3.05) is 10.5 Å². The number of nitrogens with one attached hydrogen (secondary N) is 1. The molecule has 0 aliphatic carbocycles. The van der Waals surface area contributed by atoms with Gasteiger partial charge in [0.05, 0.1) is 5.69 Å². The molecular weight excluding hydrogens is 356 g/mol. The molecule has 21 heavy (non-hydrogen) atoms. The fourth-order valence-corrected chi connectivity index (χ4v) is 3.45. The molecule has 0 atom stereocenters. The van der Waals surface area contributed by atoms with Gasteiger partial charge in [0, 0.05) is 22.9 Å². The molecule has 1 aromatic heterocycles. The summed E-state index contributed by atoms with van der Waals surface area (Å²) in [6.45, 7) is 4.54. The van der Waals surface area contributed by atoms with Crippen molar-refractivity contribution in [2.45, 2.75) is 31.8 Å². The molecule has 1 aromatic carbocycles. The third-order valence-corrected chi connectivity index (χ3v) is 4.86. The average molecular weight is 373 g/mol. The second kappa shape index (κ2) is 6.07. The zero-order valence-electron chi connectivity index (χ0n) is 11.8. The second-order valence-corrected chi connectivity index (χ2v) is 7.15. The molecule has 2 rings (SSSR count). The minimum Gasteiger partial charge on any atom is -0.399 e. The normalized spacial score (nSPS) is 11.6. The summed E-state index contributed by atoms with van der Waals surface area (Å²) in [5.74, 6) is 0.670. The summed E-state index contributed by atoms with van der Waals surface area (Å²) in [5.41, 5.74) is 6.54. The predicted octanol–water partition coefficient (Wildman–Crippen LogP) is 2.75. The van der Waals surface area contributed by atoms with Crippen molar-refractivity contribution in [3.8, 4) is 0 Å². The molecule has 0 bridgehead atoms. The van der Waals surface area contributed by atoms with E-state index in [1.807, 2.05) is 11.5 Å². The minimum absolute atomic E-state index is 0.00257. The van der Waals surface area contributed by atoms with Crippen LogP contribution in [-0.4, -0.2) is 18.0 Å². The van der Waals surface area contributed by atoms with E-state index in [2.05, 4.69) is 25.6 Å². The van der Waals surface area contributed by atoms with E-state index in [-0.39, 0.29) is 5.03 Å². The number of aryl methyl sites for hydroxylation is 2. The fraction of sp³-hybridized carbons (Fsp3) is 0.308. The van der Waals surface area contributed by atoms with Gasteiger partial charge in [0.2, 0.25) is 0 Å². The molecule has 2 aromatic rings. The van der Waals surface area contributed by atoms with E-state index >= 15 is 0 Å². The third-order valence-electron chi connectivity index (χ3n) is 2.93. The molecule has 0 saturated carbocycles. The first-order valence-electron chi connectivity index (χ1n) is 6.45. The Labute approximate surface area is 132 Å². The van der Waals surface area contributed by atoms with Gasteiger partial charge >= 0.3 is 0 Å². The summed E-state index contributed by atoms with van der Waals surface area (Å²) in [5, 5.41) is 0.00257. The lowest BCUT2D eigenvalue weighted by Crippen LogP contribution is -2.14. The monoisotopic (exact) mass is 372 g/mol. The number of nitrogens with two attached hydrogens (primary N) is 1. The number of anilines is 2. The van der Waals surface area contributed by atoms with Gasteiger partial charge in [-0.15, -0.1) is 0 Å². The van der Waals surface area contributed by atoms with E-state index < -0.39 is 10.0 Å². The molecule has 0 aliphatic heterocycles. The maximum Gasteiger partial charge on any atom is 0.280 e. The summed E-state index contributed by atoms with van der Waals surface area (Å²) in [4.78, 5) is 4.12. The van der Waals surface area contributed by atoms with Gasteiger partial charge in [-0.2, -0.15) is 8.42 Å². The van der Waals surface area contributed by atoms with Gasteiger partial charge in [-0.1, -0.05) is 6.92 Å². The number of nitrogen functional groups attached to an aromatic ring is 1. The van der Waals surface area contributed by atoms with E-state index in [1.54, 1.807) is 31.3 Å². The Hall–Kier alpha value is -1.54. The molecule has 8 heteroatoms. The lowest BCUT2D eigenvalue weighted by atomic mass is 10.3. The van der Waals surface area contributed by atoms with Crippen molar-refractivity contribution < 1.29 is 8.42 Å². The topological polar surface area (TPSA) is 90.0 Å². The number of nitrogens with zero attached hydrogens (tertiary/aromatic N) is 2. The van der Waals surface area contributed by atoms with E-state index in [0.29, 0.717) is 21.7 Å². The van der Waals surface area contributed by atoms with Crippen LogP contribution >= 0.6 is 15.9 Å². The largest absolute Gasteiger partial charge is 0.399 e. The van der Waals surface area contributed by atoms with E-state index in [1.165, 1.54) is 0 Å². The fourth-order valence-electron chi connectivity index (χ4n) is 1.89. The molecular formula is C13H17BrN4O2S. The highest BCUT2D eigenvalue weighted by atomic mass is 79.9. The summed E-state index contributed by atoms with van der Waals surface area (Å²) in [6.07, 6.45) is 2.45. The van der Waals surface area contributed by atoms with Crippen LogP contribution in [0.3, 0.4) is 0 Å². The van der Waals surface area contributed by atoms with Crippen LogP contribution in [-0.2, 0) is 16.6 Å². The van der Waals surface area contributed by atoms with Crippen LogP contribution in [0.2, 0.25) is 0 Å². The Morgan fingerprint density at radius 3 is 2.81 bits per heavy atom. The van der Waals surface area contributed by atoms with Gasteiger partial charge in [-0.3, -0.25) is 4.72 Å². The first-order chi connectivity index (χ1) is 9.83. The lowest BCUT2D eigenvalue weighted by molar-refractivity contribution is 0.597. The lowest BCUT2D eigenvalue weighted by Gasteiger charge is -2.08.